The Morgan fingerprint density at radius 3 is 1.58 bits per heavy atom. The molecule has 0 aliphatic carbocycles. The number of hydrogen-bond acceptors (Lipinski definition) is 7. The van der Waals surface area contributed by atoms with Crippen molar-refractivity contribution in [1.82, 2.24) is 5.32 Å². The molecule has 0 heterocycles. The number of allylic oxidation sites excluding steroid dienone is 14. The molecule has 0 aromatic rings. The topological polar surface area (TPSA) is 131 Å². The first-order valence-electron chi connectivity index (χ1n) is 20.1. The molecule has 302 valence electrons. The summed E-state index contributed by atoms with van der Waals surface area (Å²) in [7, 11) is -4.43. The molecule has 0 saturated carbocycles. The van der Waals surface area contributed by atoms with Crippen LogP contribution in [-0.2, 0) is 27.9 Å². The van der Waals surface area contributed by atoms with Crippen LogP contribution < -0.4 is 5.32 Å². The van der Waals surface area contributed by atoms with Crippen LogP contribution in [0.25, 0.3) is 0 Å². The number of phosphoric ester groups is 1. The van der Waals surface area contributed by atoms with Crippen LogP contribution in [0.15, 0.2) is 85.1 Å². The van der Waals surface area contributed by atoms with E-state index in [1.807, 2.05) is 6.08 Å². The first-order chi connectivity index (χ1) is 25.8. The molecule has 0 aromatic heterocycles. The van der Waals surface area contributed by atoms with Gasteiger partial charge in [-0.15, -0.1) is 0 Å². The summed E-state index contributed by atoms with van der Waals surface area (Å²) in [5.41, 5.74) is 0. The molecule has 0 fully saturated rings. The van der Waals surface area contributed by atoms with Crippen molar-refractivity contribution in [3.63, 3.8) is 0 Å². The zero-order valence-electron chi connectivity index (χ0n) is 32.9. The van der Waals surface area contributed by atoms with Crippen molar-refractivity contribution in [3.05, 3.63) is 85.1 Å². The maximum absolute atomic E-state index is 12.0. The van der Waals surface area contributed by atoms with E-state index in [9.17, 15) is 24.2 Å². The number of ether oxygens (including phenoxy) is 1. The number of amides is 1. The molecular formula is C43H72NO8P. The summed E-state index contributed by atoms with van der Waals surface area (Å²) < 4.78 is 26.7. The second kappa shape index (κ2) is 38.9. The number of unbranched alkanes of at least 4 members (excludes halogenated alkanes) is 9. The van der Waals surface area contributed by atoms with Crippen molar-refractivity contribution in [2.24, 2.45) is 0 Å². The standard InChI is InChI=1S/C43H72NO8P/c1-3-5-7-9-11-13-14-15-16-17-18-19-20-21-22-23-24-25-26-28-30-32-34-36-43(47)50-39-41(45)40-52-53(48,49)51-38-37-44-42(46)35-33-31-29-27-12-10-8-6-4-2/h5,7,11,13,15-16,18-19,21-22,24-25,28,30,41,45H,3-4,6,8-10,12,14,17,20,23,26-27,29,31-40H2,1-2H3,(H,44,46)(H,48,49)/b7-5-,13-11-,16-15-,19-18-,22-21-,25-24-,30-28-. The minimum atomic E-state index is -4.43. The van der Waals surface area contributed by atoms with Gasteiger partial charge in [0, 0.05) is 19.4 Å². The molecule has 0 rings (SSSR count). The minimum Gasteiger partial charge on any atom is -0.463 e. The molecule has 0 spiro atoms. The number of rotatable bonds is 36. The molecule has 3 N–H and O–H groups in total. The van der Waals surface area contributed by atoms with Crippen molar-refractivity contribution >= 4 is 19.7 Å². The van der Waals surface area contributed by atoms with Crippen LogP contribution in [0.4, 0.5) is 0 Å². The maximum Gasteiger partial charge on any atom is 0.472 e. The molecule has 0 aliphatic rings. The average Bonchev–Trinajstić information content (AvgIpc) is 3.14. The monoisotopic (exact) mass is 761 g/mol. The lowest BCUT2D eigenvalue weighted by atomic mass is 10.1. The van der Waals surface area contributed by atoms with Gasteiger partial charge >= 0.3 is 13.8 Å². The lowest BCUT2D eigenvalue weighted by Crippen LogP contribution is -2.27. The second-order valence-electron chi connectivity index (χ2n) is 12.9. The molecule has 0 aliphatic heterocycles. The van der Waals surface area contributed by atoms with Gasteiger partial charge in [0.1, 0.15) is 12.7 Å². The average molecular weight is 762 g/mol. The van der Waals surface area contributed by atoms with Gasteiger partial charge in [0.05, 0.1) is 13.2 Å². The lowest BCUT2D eigenvalue weighted by Gasteiger charge is -2.15. The summed E-state index contributed by atoms with van der Waals surface area (Å²) in [5.74, 6) is -0.588. The molecule has 0 bridgehead atoms. The molecule has 9 nitrogen and oxygen atoms in total. The van der Waals surface area contributed by atoms with Gasteiger partial charge in [-0.3, -0.25) is 18.6 Å². The van der Waals surface area contributed by atoms with E-state index < -0.39 is 26.5 Å². The Balaban J connectivity index is 3.76. The van der Waals surface area contributed by atoms with E-state index in [1.165, 1.54) is 38.5 Å². The Labute approximate surface area is 322 Å². The zero-order valence-corrected chi connectivity index (χ0v) is 33.8. The summed E-state index contributed by atoms with van der Waals surface area (Å²) in [6, 6.07) is 0. The van der Waals surface area contributed by atoms with E-state index >= 15 is 0 Å². The molecule has 2 atom stereocenters. The van der Waals surface area contributed by atoms with Gasteiger partial charge in [0.2, 0.25) is 5.91 Å². The van der Waals surface area contributed by atoms with E-state index in [4.69, 9.17) is 13.8 Å². The highest BCUT2D eigenvalue weighted by atomic mass is 31.2. The number of aliphatic hydroxyl groups is 1. The van der Waals surface area contributed by atoms with Crippen LogP contribution in [0.1, 0.15) is 142 Å². The minimum absolute atomic E-state index is 0.0715. The highest BCUT2D eigenvalue weighted by Gasteiger charge is 2.23. The highest BCUT2D eigenvalue weighted by molar-refractivity contribution is 7.47. The van der Waals surface area contributed by atoms with Crippen LogP contribution in [-0.4, -0.2) is 54.3 Å². The molecule has 2 unspecified atom stereocenters. The molecule has 0 saturated heterocycles. The normalized spacial score (nSPS) is 14.3. The van der Waals surface area contributed by atoms with Gasteiger partial charge in [0.25, 0.3) is 0 Å². The van der Waals surface area contributed by atoms with Gasteiger partial charge < -0.3 is 20.1 Å². The Kier molecular flexibility index (Phi) is 36.8. The van der Waals surface area contributed by atoms with E-state index in [1.54, 1.807) is 0 Å². The SMILES string of the molecule is CC/C=C\C/C=C\C/C=C\C/C=C\C/C=C\C/C=C\C/C=C\CCCC(=O)OCC(O)COP(=O)(O)OCCNC(=O)CCCCCCCCCCC. The van der Waals surface area contributed by atoms with Crippen molar-refractivity contribution in [2.75, 3.05) is 26.4 Å². The number of carbonyl (C=O) groups excluding carboxylic acids is 2. The summed E-state index contributed by atoms with van der Waals surface area (Å²) in [4.78, 5) is 33.7. The molecule has 0 radical (unpaired) electrons. The Bertz CT molecular complexity index is 1140. The first-order valence-corrected chi connectivity index (χ1v) is 21.6. The lowest BCUT2D eigenvalue weighted by molar-refractivity contribution is -0.147. The fourth-order valence-electron chi connectivity index (χ4n) is 4.84. The summed E-state index contributed by atoms with van der Waals surface area (Å²) in [6.07, 6.45) is 48.1. The van der Waals surface area contributed by atoms with Crippen LogP contribution >= 0.6 is 7.82 Å². The summed E-state index contributed by atoms with van der Waals surface area (Å²) in [6.45, 7) is 3.32. The van der Waals surface area contributed by atoms with E-state index in [2.05, 4.69) is 98.2 Å². The molecule has 10 heteroatoms. The Morgan fingerprint density at radius 2 is 1.08 bits per heavy atom. The third kappa shape index (κ3) is 40.2. The summed E-state index contributed by atoms with van der Waals surface area (Å²) >= 11 is 0. The van der Waals surface area contributed by atoms with E-state index in [-0.39, 0.29) is 32.1 Å². The Morgan fingerprint density at radius 1 is 0.604 bits per heavy atom. The number of nitrogens with one attached hydrogen (secondary N) is 1. The second-order valence-corrected chi connectivity index (χ2v) is 14.3. The van der Waals surface area contributed by atoms with E-state index in [0.29, 0.717) is 12.8 Å². The predicted octanol–water partition coefficient (Wildman–Crippen LogP) is 10.9. The molecule has 0 aromatic carbocycles. The van der Waals surface area contributed by atoms with Crippen molar-refractivity contribution in [1.29, 1.82) is 0 Å². The van der Waals surface area contributed by atoms with Gasteiger partial charge in [-0.25, -0.2) is 4.57 Å². The van der Waals surface area contributed by atoms with Crippen LogP contribution in [0.5, 0.6) is 0 Å². The predicted molar refractivity (Wildman–Crippen MR) is 219 cm³/mol. The van der Waals surface area contributed by atoms with Gasteiger partial charge in [-0.2, -0.15) is 0 Å². The van der Waals surface area contributed by atoms with E-state index in [0.717, 1.165) is 70.6 Å². The molecule has 1 amide bonds. The summed E-state index contributed by atoms with van der Waals surface area (Å²) in [5, 5.41) is 12.6. The van der Waals surface area contributed by atoms with Crippen molar-refractivity contribution in [3.8, 4) is 0 Å². The number of carbonyl (C=O) groups is 2. The smallest absolute Gasteiger partial charge is 0.463 e. The van der Waals surface area contributed by atoms with Crippen LogP contribution in [0.3, 0.4) is 0 Å². The largest absolute Gasteiger partial charge is 0.472 e. The molecule has 53 heavy (non-hydrogen) atoms. The van der Waals surface area contributed by atoms with Gasteiger partial charge in [-0.05, 0) is 64.2 Å². The van der Waals surface area contributed by atoms with Crippen LogP contribution in [0.2, 0.25) is 0 Å². The fourth-order valence-corrected chi connectivity index (χ4v) is 5.59. The maximum atomic E-state index is 12.0. The van der Waals surface area contributed by atoms with Gasteiger partial charge in [-0.1, -0.05) is 150 Å². The Hall–Kier alpha value is -2.81. The number of aliphatic hydroxyl groups excluding tert-OH is 1. The molecular weight excluding hydrogens is 689 g/mol. The fraction of sp³-hybridized carbons (Fsp3) is 0.628. The number of phosphoric acid groups is 1. The highest BCUT2D eigenvalue weighted by Crippen LogP contribution is 2.42. The zero-order chi connectivity index (χ0) is 38.9. The van der Waals surface area contributed by atoms with Crippen molar-refractivity contribution < 1.29 is 37.9 Å². The van der Waals surface area contributed by atoms with Gasteiger partial charge in [0.15, 0.2) is 0 Å². The quantitative estimate of drug-likeness (QED) is 0.0249. The number of hydrogen-bond donors (Lipinski definition) is 3. The first kappa shape index (κ1) is 50.2. The third-order valence-corrected chi connectivity index (χ3v) is 8.82. The van der Waals surface area contributed by atoms with Crippen molar-refractivity contribution in [2.45, 2.75) is 148 Å². The third-order valence-electron chi connectivity index (χ3n) is 7.84. The van der Waals surface area contributed by atoms with Crippen LogP contribution in [0, 0.1) is 0 Å². The number of esters is 1.